The summed E-state index contributed by atoms with van der Waals surface area (Å²) in [6, 6.07) is 0. The molecule has 0 aliphatic rings. The monoisotopic (exact) mass is 166 g/mol. The Kier molecular flexibility index (Phi) is 16.3. The van der Waals surface area contributed by atoms with Gasteiger partial charge in [0.1, 0.15) is 0 Å². The quantitative estimate of drug-likeness (QED) is 0.271. The molecule has 0 bridgehead atoms. The first kappa shape index (κ1) is 16.1. The van der Waals surface area contributed by atoms with E-state index in [-0.39, 0.29) is 37.7 Å². The maximum absolute atomic E-state index is 8.52. The van der Waals surface area contributed by atoms with E-state index in [2.05, 4.69) is 0 Å². The Morgan fingerprint density at radius 3 is 1.12 bits per heavy atom. The molecule has 0 aromatic carbocycles. The van der Waals surface area contributed by atoms with Crippen LogP contribution in [0.25, 0.3) is 0 Å². The summed E-state index contributed by atoms with van der Waals surface area (Å²) >= 11 is 0. The Balaban J connectivity index is -0.0000000750. The van der Waals surface area contributed by atoms with E-state index in [4.69, 9.17) is 17.5 Å². The third-order valence-corrected chi connectivity index (χ3v) is 0. The van der Waals surface area contributed by atoms with Crippen molar-refractivity contribution in [2.75, 3.05) is 0 Å². The van der Waals surface area contributed by atoms with Gasteiger partial charge in [0, 0.05) is 10.4 Å². The minimum Gasteiger partial charge on any atom is -0.759 e. The summed E-state index contributed by atoms with van der Waals surface area (Å²) in [6.45, 7) is 4.00. The van der Waals surface area contributed by atoms with Gasteiger partial charge in [-0.05, 0) is 0 Å². The van der Waals surface area contributed by atoms with Crippen LogP contribution in [-0.2, 0) is 10.4 Å². The molecule has 4 nitrogen and oxygen atoms in total. The predicted octanol–water partition coefficient (Wildman–Crippen LogP) is -0.693. The maximum Gasteiger partial charge on any atom is 2.00 e. The topological polar surface area (TPSA) is 80.3 Å². The van der Waals surface area contributed by atoms with Gasteiger partial charge in [-0.3, -0.25) is 8.42 Å². The number of hydrogen-bond acceptors (Lipinski definition) is 4. The molecule has 0 N–H and O–H groups in total. The van der Waals surface area contributed by atoms with Crippen molar-refractivity contribution in [3.05, 3.63) is 0 Å². The Hall–Kier alpha value is 1.13. The molecule has 0 aromatic heterocycles. The van der Waals surface area contributed by atoms with Gasteiger partial charge in [-0.25, -0.2) is 0 Å². The molecule has 0 unspecified atom stereocenters. The van der Waals surface area contributed by atoms with Crippen molar-refractivity contribution in [1.82, 2.24) is 0 Å². The van der Waals surface area contributed by atoms with E-state index < -0.39 is 10.4 Å². The molecule has 0 spiro atoms. The fourth-order valence-corrected chi connectivity index (χ4v) is 0. The fraction of sp³-hybridized carbons (Fsp3) is 1.00. The Bertz CT molecular complexity index is 97.2. The summed E-state index contributed by atoms with van der Waals surface area (Å²) in [4.78, 5) is 0. The van der Waals surface area contributed by atoms with Crippen molar-refractivity contribution in [2.24, 2.45) is 0 Å². The van der Waals surface area contributed by atoms with Crippen LogP contribution >= 0.6 is 0 Å². The zero-order chi connectivity index (χ0) is 6.50. The normalized spacial score (nSPS) is 8.00. The van der Waals surface area contributed by atoms with Crippen molar-refractivity contribution in [3.63, 3.8) is 0 Å². The second-order valence-electron chi connectivity index (χ2n) is 0.408. The molecule has 0 saturated heterocycles. The first-order chi connectivity index (χ1) is 3.00. The van der Waals surface area contributed by atoms with Crippen molar-refractivity contribution in [3.8, 4) is 0 Å². The van der Waals surface area contributed by atoms with Crippen LogP contribution < -0.4 is 0 Å². The van der Waals surface area contributed by atoms with Gasteiger partial charge in [-0.1, -0.05) is 13.8 Å². The van der Waals surface area contributed by atoms with E-state index in [1.54, 1.807) is 0 Å². The molecule has 0 rings (SSSR count). The van der Waals surface area contributed by atoms with Gasteiger partial charge in [0.05, 0.1) is 0 Å². The first-order valence-electron chi connectivity index (χ1n) is 1.67. The van der Waals surface area contributed by atoms with Crippen LogP contribution in [0.2, 0.25) is 0 Å². The Labute approximate surface area is 78.9 Å². The molecular formula is C2H6CaO4S. The molecule has 0 aliphatic carbocycles. The Morgan fingerprint density at radius 2 is 1.12 bits per heavy atom. The standard InChI is InChI=1S/C2H6.Ca.H2O4S/c1-2;;1-5(2,3)4/h1-2H3;;(H2,1,2,3,4)/q;+2;/p-2. The van der Waals surface area contributed by atoms with E-state index in [1.807, 2.05) is 13.8 Å². The zero-order valence-corrected chi connectivity index (χ0v) is 7.77. The SMILES string of the molecule is CC.O=S(=O)([O-])[O-].[Ca+2]. The second-order valence-corrected chi connectivity index (χ2v) is 1.22. The van der Waals surface area contributed by atoms with Crippen molar-refractivity contribution in [1.29, 1.82) is 0 Å². The van der Waals surface area contributed by atoms with Gasteiger partial charge < -0.3 is 9.11 Å². The minimum absolute atomic E-state index is 0. The van der Waals surface area contributed by atoms with Crippen LogP contribution in [-0.4, -0.2) is 55.3 Å². The summed E-state index contributed by atoms with van der Waals surface area (Å²) in [5.41, 5.74) is 0. The van der Waals surface area contributed by atoms with E-state index >= 15 is 0 Å². The number of hydrogen-bond donors (Lipinski definition) is 0. The summed E-state index contributed by atoms with van der Waals surface area (Å²) in [5.74, 6) is 0. The van der Waals surface area contributed by atoms with E-state index in [0.29, 0.717) is 0 Å². The average molecular weight is 166 g/mol. The van der Waals surface area contributed by atoms with E-state index in [1.165, 1.54) is 0 Å². The van der Waals surface area contributed by atoms with Gasteiger partial charge in [-0.15, -0.1) is 0 Å². The van der Waals surface area contributed by atoms with Gasteiger partial charge in [0.2, 0.25) is 0 Å². The first-order valence-corrected chi connectivity index (χ1v) is 3.00. The molecule has 0 atom stereocenters. The van der Waals surface area contributed by atoms with E-state index in [9.17, 15) is 0 Å². The molecule has 0 saturated carbocycles. The van der Waals surface area contributed by atoms with Crippen LogP contribution in [0, 0.1) is 0 Å². The molecule has 0 radical (unpaired) electrons. The minimum atomic E-state index is -5.17. The van der Waals surface area contributed by atoms with Crippen molar-refractivity contribution in [2.45, 2.75) is 13.8 Å². The molecular weight excluding hydrogens is 160 g/mol. The van der Waals surface area contributed by atoms with Crippen LogP contribution in [0.1, 0.15) is 13.8 Å². The third kappa shape index (κ3) is 210. The third-order valence-electron chi connectivity index (χ3n) is 0. The molecule has 0 aromatic rings. The van der Waals surface area contributed by atoms with Crippen molar-refractivity contribution >= 4 is 48.1 Å². The zero-order valence-electron chi connectivity index (χ0n) is 4.75. The van der Waals surface area contributed by atoms with Crippen LogP contribution in [0.3, 0.4) is 0 Å². The molecule has 46 valence electrons. The summed E-state index contributed by atoms with van der Waals surface area (Å²) in [5, 5.41) is 0. The molecule has 8 heavy (non-hydrogen) atoms. The molecule has 0 heterocycles. The fourth-order valence-electron chi connectivity index (χ4n) is 0. The van der Waals surface area contributed by atoms with Crippen LogP contribution in [0.4, 0.5) is 0 Å². The summed E-state index contributed by atoms with van der Waals surface area (Å²) in [7, 11) is -5.17. The maximum atomic E-state index is 8.52. The predicted molar refractivity (Wildman–Crippen MR) is 27.6 cm³/mol. The second kappa shape index (κ2) is 8.13. The van der Waals surface area contributed by atoms with Crippen molar-refractivity contribution < 1.29 is 17.5 Å². The summed E-state index contributed by atoms with van der Waals surface area (Å²) in [6.07, 6.45) is 0. The molecule has 6 heteroatoms. The smallest absolute Gasteiger partial charge is 0.759 e. The largest absolute Gasteiger partial charge is 2.00 e. The van der Waals surface area contributed by atoms with Gasteiger partial charge in [-0.2, -0.15) is 0 Å². The number of rotatable bonds is 0. The van der Waals surface area contributed by atoms with Gasteiger partial charge in [0.25, 0.3) is 0 Å². The van der Waals surface area contributed by atoms with Crippen LogP contribution in [0.15, 0.2) is 0 Å². The van der Waals surface area contributed by atoms with Gasteiger partial charge in [0.15, 0.2) is 0 Å². The average Bonchev–Trinajstić information content (AvgIpc) is 1.36. The molecule has 0 amide bonds. The van der Waals surface area contributed by atoms with Crippen LogP contribution in [0.5, 0.6) is 0 Å². The molecule has 0 fully saturated rings. The van der Waals surface area contributed by atoms with Gasteiger partial charge >= 0.3 is 37.7 Å². The Morgan fingerprint density at radius 1 is 1.12 bits per heavy atom. The molecule has 0 aliphatic heterocycles. The summed E-state index contributed by atoms with van der Waals surface area (Å²) < 4.78 is 34.1. The van der Waals surface area contributed by atoms with E-state index in [0.717, 1.165) is 0 Å².